The number of esters is 1. The van der Waals surface area contributed by atoms with Gasteiger partial charge in [0.1, 0.15) is 6.10 Å². The van der Waals surface area contributed by atoms with Crippen LogP contribution in [0.4, 0.5) is 0 Å². The van der Waals surface area contributed by atoms with Gasteiger partial charge < -0.3 is 9.84 Å². The summed E-state index contributed by atoms with van der Waals surface area (Å²) in [5, 5.41) is 9.18. The number of aliphatic carboxylic acids is 1. The van der Waals surface area contributed by atoms with Crippen molar-refractivity contribution in [1.29, 1.82) is 0 Å². The second-order valence-corrected chi connectivity index (χ2v) is 8.43. The van der Waals surface area contributed by atoms with Crippen LogP contribution in [-0.4, -0.2) is 23.1 Å². The van der Waals surface area contributed by atoms with Crippen molar-refractivity contribution in [3.63, 3.8) is 0 Å². The van der Waals surface area contributed by atoms with E-state index in [2.05, 4.69) is 0 Å². The highest BCUT2D eigenvalue weighted by atomic mass is 16.5. The second kappa shape index (κ2) is 5.24. The van der Waals surface area contributed by atoms with Crippen LogP contribution in [0.3, 0.4) is 0 Å². The third-order valence-electron chi connectivity index (χ3n) is 6.72. The van der Waals surface area contributed by atoms with Gasteiger partial charge in [0.2, 0.25) is 0 Å². The highest BCUT2D eigenvalue weighted by molar-refractivity contribution is 5.78. The molecule has 5 aliphatic rings. The predicted octanol–water partition coefficient (Wildman–Crippen LogP) is 3.39. The number of carboxylic acid groups (broad SMARTS) is 1. The molecule has 0 aromatic heterocycles. The minimum Gasteiger partial charge on any atom is -0.481 e. The van der Waals surface area contributed by atoms with Gasteiger partial charge in [-0.2, -0.15) is 0 Å². The highest BCUT2D eigenvalue weighted by Gasteiger charge is 2.55. The first-order chi connectivity index (χ1) is 10.5. The first-order valence-corrected chi connectivity index (χ1v) is 8.98. The molecule has 2 atom stereocenters. The molecular formula is C18H26O4. The van der Waals surface area contributed by atoms with Crippen molar-refractivity contribution in [3.05, 3.63) is 0 Å². The van der Waals surface area contributed by atoms with E-state index in [9.17, 15) is 14.7 Å². The lowest BCUT2D eigenvalue weighted by Gasteiger charge is -2.55. The Morgan fingerprint density at radius 2 is 1.50 bits per heavy atom. The van der Waals surface area contributed by atoms with Crippen LogP contribution in [0.25, 0.3) is 0 Å². The van der Waals surface area contributed by atoms with Gasteiger partial charge in [0.05, 0.1) is 11.3 Å². The summed E-state index contributed by atoms with van der Waals surface area (Å²) in [6.07, 6.45) is 9.76. The van der Waals surface area contributed by atoms with Gasteiger partial charge in [0.25, 0.3) is 0 Å². The molecule has 2 unspecified atom stereocenters. The molecule has 4 nitrogen and oxygen atoms in total. The number of ether oxygens (including phenoxy) is 1. The lowest BCUT2D eigenvalue weighted by Crippen LogP contribution is -2.51. The fraction of sp³-hybridized carbons (Fsp3) is 0.889. The van der Waals surface area contributed by atoms with Gasteiger partial charge in [-0.1, -0.05) is 0 Å². The summed E-state index contributed by atoms with van der Waals surface area (Å²) in [6, 6.07) is 0. The molecule has 22 heavy (non-hydrogen) atoms. The van der Waals surface area contributed by atoms with Crippen molar-refractivity contribution < 1.29 is 19.4 Å². The van der Waals surface area contributed by atoms with Crippen LogP contribution in [0.1, 0.15) is 64.2 Å². The summed E-state index contributed by atoms with van der Waals surface area (Å²) in [7, 11) is 0. The largest absolute Gasteiger partial charge is 0.481 e. The van der Waals surface area contributed by atoms with E-state index in [1.54, 1.807) is 0 Å². The van der Waals surface area contributed by atoms with Gasteiger partial charge in [-0.05, 0) is 82.0 Å². The Bertz CT molecular complexity index is 448. The van der Waals surface area contributed by atoms with Gasteiger partial charge in [-0.3, -0.25) is 9.59 Å². The quantitative estimate of drug-likeness (QED) is 0.812. The molecule has 0 aromatic carbocycles. The van der Waals surface area contributed by atoms with Crippen molar-refractivity contribution in [3.8, 4) is 0 Å². The van der Waals surface area contributed by atoms with Gasteiger partial charge >= 0.3 is 11.9 Å². The topological polar surface area (TPSA) is 63.6 Å². The third-order valence-corrected chi connectivity index (χ3v) is 6.72. The zero-order valence-electron chi connectivity index (χ0n) is 13.1. The van der Waals surface area contributed by atoms with Crippen molar-refractivity contribution in [2.75, 3.05) is 0 Å². The lowest BCUT2D eigenvalue weighted by atomic mass is 9.49. The van der Waals surface area contributed by atoms with Crippen LogP contribution in [0, 0.1) is 29.1 Å². The summed E-state index contributed by atoms with van der Waals surface area (Å²) in [6.45, 7) is 0. The maximum absolute atomic E-state index is 12.9. The maximum atomic E-state index is 12.9. The molecular weight excluding hydrogens is 280 g/mol. The number of carboxylic acids is 1. The van der Waals surface area contributed by atoms with Gasteiger partial charge in [0, 0.05) is 0 Å². The molecule has 1 N–H and O–H groups in total. The summed E-state index contributed by atoms with van der Waals surface area (Å²) in [4.78, 5) is 24.0. The van der Waals surface area contributed by atoms with E-state index < -0.39 is 5.97 Å². The van der Waals surface area contributed by atoms with Gasteiger partial charge in [0.15, 0.2) is 0 Å². The third kappa shape index (κ3) is 2.44. The van der Waals surface area contributed by atoms with Gasteiger partial charge in [-0.15, -0.1) is 0 Å². The fourth-order valence-corrected chi connectivity index (χ4v) is 6.11. The highest BCUT2D eigenvalue weighted by Crippen LogP contribution is 2.60. The molecule has 5 fully saturated rings. The average Bonchev–Trinajstić information content (AvgIpc) is 2.46. The zero-order valence-corrected chi connectivity index (χ0v) is 13.1. The van der Waals surface area contributed by atoms with Crippen LogP contribution in [0.2, 0.25) is 0 Å². The molecule has 5 rings (SSSR count). The molecule has 5 saturated carbocycles. The van der Waals surface area contributed by atoms with Crippen molar-refractivity contribution >= 4 is 11.9 Å². The molecule has 0 spiro atoms. The van der Waals surface area contributed by atoms with E-state index in [0.29, 0.717) is 6.42 Å². The number of carbonyl (C=O) groups excluding carboxylic acids is 1. The molecule has 0 heterocycles. The van der Waals surface area contributed by atoms with Crippen LogP contribution in [-0.2, 0) is 14.3 Å². The Balaban J connectivity index is 1.43. The smallest absolute Gasteiger partial charge is 0.312 e. The second-order valence-electron chi connectivity index (χ2n) is 8.43. The number of hydrogen-bond acceptors (Lipinski definition) is 3. The molecule has 122 valence electrons. The number of hydrogen-bond donors (Lipinski definition) is 1. The van der Waals surface area contributed by atoms with Gasteiger partial charge in [-0.25, -0.2) is 0 Å². The fourth-order valence-electron chi connectivity index (χ4n) is 6.11. The Kier molecular flexibility index (Phi) is 3.46. The van der Waals surface area contributed by atoms with Crippen molar-refractivity contribution in [2.45, 2.75) is 70.3 Å². The lowest BCUT2D eigenvalue weighted by molar-refractivity contribution is -0.180. The van der Waals surface area contributed by atoms with Crippen LogP contribution in [0.15, 0.2) is 0 Å². The van der Waals surface area contributed by atoms with Crippen LogP contribution in [0.5, 0.6) is 0 Å². The predicted molar refractivity (Wildman–Crippen MR) is 80.1 cm³/mol. The summed E-state index contributed by atoms with van der Waals surface area (Å²) in [5.41, 5.74) is -0.217. The minimum absolute atomic E-state index is 0.00244. The minimum atomic E-state index is -0.740. The molecule has 4 bridgehead atoms. The van der Waals surface area contributed by atoms with E-state index in [1.807, 2.05) is 0 Å². The Labute approximate surface area is 131 Å². The first kappa shape index (κ1) is 14.5. The zero-order chi connectivity index (χ0) is 15.3. The van der Waals surface area contributed by atoms with Crippen LogP contribution < -0.4 is 0 Å². The summed E-state index contributed by atoms with van der Waals surface area (Å²) in [5.74, 6) is 1.13. The number of rotatable bonds is 3. The van der Waals surface area contributed by atoms with Crippen molar-refractivity contribution in [1.82, 2.24) is 0 Å². The monoisotopic (exact) mass is 306 g/mol. The number of carbonyl (C=O) groups is 2. The molecule has 5 aliphatic carbocycles. The van der Waals surface area contributed by atoms with E-state index >= 15 is 0 Å². The molecule has 0 aromatic rings. The maximum Gasteiger partial charge on any atom is 0.312 e. The normalized spacial score (nSPS) is 46.5. The van der Waals surface area contributed by atoms with E-state index in [-0.39, 0.29) is 23.4 Å². The Morgan fingerprint density at radius 1 is 0.909 bits per heavy atom. The molecule has 0 aliphatic heterocycles. The van der Waals surface area contributed by atoms with Crippen LogP contribution >= 0.6 is 0 Å². The van der Waals surface area contributed by atoms with E-state index in [0.717, 1.165) is 56.3 Å². The summed E-state index contributed by atoms with van der Waals surface area (Å²) < 4.78 is 5.85. The molecule has 0 amide bonds. The SMILES string of the molecule is O=C(O)C1CCCC(OC(=O)C23CC4CC(CC(C4)C2)C3)C1. The molecule has 4 heteroatoms. The first-order valence-electron chi connectivity index (χ1n) is 8.98. The Morgan fingerprint density at radius 3 is 2.05 bits per heavy atom. The van der Waals surface area contributed by atoms with E-state index in [4.69, 9.17) is 4.74 Å². The van der Waals surface area contributed by atoms with E-state index in [1.165, 1.54) is 19.3 Å². The molecule has 0 radical (unpaired) electrons. The summed E-state index contributed by atoms with van der Waals surface area (Å²) >= 11 is 0. The van der Waals surface area contributed by atoms with Crippen molar-refractivity contribution in [2.24, 2.45) is 29.1 Å². The average molecular weight is 306 g/mol. The Hall–Kier alpha value is -1.06. The molecule has 0 saturated heterocycles. The standard InChI is InChI=1S/C18H26O4/c19-16(20)14-2-1-3-15(7-14)22-17(21)18-8-11-4-12(9-18)6-13(5-11)10-18/h11-15H,1-10H2,(H,19,20).